The molecule has 1 aromatic heterocycles. The predicted molar refractivity (Wildman–Crippen MR) is 82.2 cm³/mol. The van der Waals surface area contributed by atoms with Crippen molar-refractivity contribution in [1.29, 1.82) is 0 Å². The highest BCUT2D eigenvalue weighted by Gasteiger charge is 2.28. The predicted octanol–water partition coefficient (Wildman–Crippen LogP) is 2.55. The number of aliphatic carboxylic acids is 1. The topological polar surface area (TPSA) is 58.4 Å². The first-order valence-electron chi connectivity index (χ1n) is 7.76. The van der Waals surface area contributed by atoms with E-state index in [1.54, 1.807) is 0 Å². The van der Waals surface area contributed by atoms with Crippen molar-refractivity contribution in [3.8, 4) is 0 Å². The van der Waals surface area contributed by atoms with Gasteiger partial charge in [-0.2, -0.15) is 5.10 Å². The lowest BCUT2D eigenvalue weighted by atomic mass is 9.89. The van der Waals surface area contributed by atoms with Crippen LogP contribution in [0.4, 0.5) is 0 Å². The molecule has 0 radical (unpaired) electrons. The van der Waals surface area contributed by atoms with Crippen LogP contribution < -0.4 is 0 Å². The lowest BCUT2D eigenvalue weighted by molar-refractivity contribution is -0.139. The first kappa shape index (κ1) is 16.0. The Labute approximate surface area is 126 Å². The van der Waals surface area contributed by atoms with E-state index in [-0.39, 0.29) is 12.0 Å². The Morgan fingerprint density at radius 2 is 2.05 bits per heavy atom. The third kappa shape index (κ3) is 4.06. The van der Waals surface area contributed by atoms with Gasteiger partial charge in [0.05, 0.1) is 12.2 Å². The first-order chi connectivity index (χ1) is 9.77. The largest absolute Gasteiger partial charge is 0.480 e. The Balaban J connectivity index is 2.21. The van der Waals surface area contributed by atoms with E-state index in [4.69, 9.17) is 0 Å². The molecule has 1 aliphatic rings. The van der Waals surface area contributed by atoms with Crippen LogP contribution in [-0.4, -0.2) is 38.3 Å². The summed E-state index contributed by atoms with van der Waals surface area (Å²) in [7, 11) is 1.93. The maximum Gasteiger partial charge on any atom is 0.317 e. The fraction of sp³-hybridized carbons (Fsp3) is 0.750. The number of nitrogens with zero attached hydrogens (tertiary/aromatic N) is 3. The molecule has 1 aromatic rings. The molecule has 0 bridgehead atoms. The van der Waals surface area contributed by atoms with Crippen LogP contribution in [0.5, 0.6) is 0 Å². The number of carboxylic acids is 1. The van der Waals surface area contributed by atoms with E-state index < -0.39 is 5.97 Å². The van der Waals surface area contributed by atoms with Crippen LogP contribution in [0.2, 0.25) is 0 Å². The highest BCUT2D eigenvalue weighted by Crippen LogP contribution is 2.28. The zero-order valence-corrected chi connectivity index (χ0v) is 13.6. The minimum Gasteiger partial charge on any atom is -0.480 e. The quantitative estimate of drug-likeness (QED) is 0.906. The molecule has 21 heavy (non-hydrogen) atoms. The lowest BCUT2D eigenvalue weighted by Crippen LogP contribution is -2.37. The van der Waals surface area contributed by atoms with E-state index in [0.717, 1.165) is 24.1 Å². The molecular formula is C16H27N3O2. The summed E-state index contributed by atoms with van der Waals surface area (Å²) in [5.41, 5.74) is 2.19. The molecule has 1 heterocycles. The van der Waals surface area contributed by atoms with Gasteiger partial charge in [-0.15, -0.1) is 0 Å². The van der Waals surface area contributed by atoms with Crippen LogP contribution in [0, 0.1) is 0 Å². The molecule has 5 nitrogen and oxygen atoms in total. The summed E-state index contributed by atoms with van der Waals surface area (Å²) in [6.45, 7) is 7.24. The van der Waals surface area contributed by atoms with Crippen LogP contribution in [0.15, 0.2) is 6.20 Å². The minimum absolute atomic E-state index is 0.0266. The SMILES string of the molecule is Cn1cc(CN(CC(=O)O)C2CCCC2)c(C(C)(C)C)n1. The fourth-order valence-corrected chi connectivity index (χ4v) is 3.26. The third-order valence-corrected chi connectivity index (χ3v) is 4.17. The minimum atomic E-state index is -0.747. The number of rotatable bonds is 5. The Bertz CT molecular complexity index is 496. The molecule has 118 valence electrons. The Kier molecular flexibility index (Phi) is 4.71. The molecule has 0 unspecified atom stereocenters. The van der Waals surface area contributed by atoms with Crippen molar-refractivity contribution in [3.63, 3.8) is 0 Å². The molecular weight excluding hydrogens is 266 g/mol. The molecule has 1 N–H and O–H groups in total. The molecule has 1 aliphatic carbocycles. The zero-order chi connectivity index (χ0) is 15.6. The number of carboxylic acid groups (broad SMARTS) is 1. The fourth-order valence-electron chi connectivity index (χ4n) is 3.26. The highest BCUT2D eigenvalue weighted by molar-refractivity contribution is 5.69. The second-order valence-electron chi connectivity index (χ2n) is 7.16. The summed E-state index contributed by atoms with van der Waals surface area (Å²) in [4.78, 5) is 13.3. The summed E-state index contributed by atoms with van der Waals surface area (Å²) >= 11 is 0. The van der Waals surface area contributed by atoms with Gasteiger partial charge in [-0.3, -0.25) is 14.4 Å². The standard InChI is InChI=1S/C16H27N3O2/c1-16(2,3)15-12(9-18(4)17-15)10-19(11-14(20)21)13-7-5-6-8-13/h9,13H,5-8,10-11H2,1-4H3,(H,20,21). The summed E-state index contributed by atoms with van der Waals surface area (Å²) in [6.07, 6.45) is 6.67. The van der Waals surface area contributed by atoms with Gasteiger partial charge in [-0.25, -0.2) is 0 Å². The lowest BCUT2D eigenvalue weighted by Gasteiger charge is -2.28. The van der Waals surface area contributed by atoms with Gasteiger partial charge in [0.1, 0.15) is 0 Å². The third-order valence-electron chi connectivity index (χ3n) is 4.17. The van der Waals surface area contributed by atoms with Gasteiger partial charge >= 0.3 is 5.97 Å². The molecule has 0 aromatic carbocycles. The van der Waals surface area contributed by atoms with Gasteiger partial charge < -0.3 is 5.11 Å². The van der Waals surface area contributed by atoms with E-state index in [1.807, 2.05) is 17.9 Å². The van der Waals surface area contributed by atoms with Gasteiger partial charge in [-0.1, -0.05) is 33.6 Å². The van der Waals surface area contributed by atoms with Crippen LogP contribution in [0.1, 0.15) is 57.7 Å². The van der Waals surface area contributed by atoms with Crippen molar-refractivity contribution in [1.82, 2.24) is 14.7 Å². The van der Waals surface area contributed by atoms with Crippen molar-refractivity contribution < 1.29 is 9.90 Å². The molecule has 1 saturated carbocycles. The average Bonchev–Trinajstić information content (AvgIpc) is 2.95. The Morgan fingerprint density at radius 3 is 2.57 bits per heavy atom. The highest BCUT2D eigenvalue weighted by atomic mass is 16.4. The summed E-state index contributed by atoms with van der Waals surface area (Å²) in [5.74, 6) is -0.747. The van der Waals surface area contributed by atoms with E-state index >= 15 is 0 Å². The number of hydrogen-bond donors (Lipinski definition) is 1. The van der Waals surface area contributed by atoms with Crippen molar-refractivity contribution in [2.24, 2.45) is 7.05 Å². The van der Waals surface area contributed by atoms with Crippen molar-refractivity contribution in [2.45, 2.75) is 64.5 Å². The second kappa shape index (κ2) is 6.18. The van der Waals surface area contributed by atoms with Crippen molar-refractivity contribution in [2.75, 3.05) is 6.54 Å². The maximum atomic E-state index is 11.2. The van der Waals surface area contributed by atoms with E-state index in [1.165, 1.54) is 12.8 Å². The summed E-state index contributed by atoms with van der Waals surface area (Å²) in [5, 5.41) is 13.8. The summed E-state index contributed by atoms with van der Waals surface area (Å²) in [6, 6.07) is 0.397. The summed E-state index contributed by atoms with van der Waals surface area (Å²) < 4.78 is 1.84. The number of carbonyl (C=O) groups is 1. The smallest absolute Gasteiger partial charge is 0.317 e. The monoisotopic (exact) mass is 293 g/mol. The van der Waals surface area contributed by atoms with Gasteiger partial charge in [0.2, 0.25) is 0 Å². The number of hydrogen-bond acceptors (Lipinski definition) is 3. The molecule has 0 aliphatic heterocycles. The average molecular weight is 293 g/mol. The molecule has 1 fully saturated rings. The first-order valence-corrected chi connectivity index (χ1v) is 7.76. The van der Waals surface area contributed by atoms with Gasteiger partial charge in [-0.05, 0) is 12.8 Å². The van der Waals surface area contributed by atoms with E-state index in [2.05, 4.69) is 30.8 Å². The van der Waals surface area contributed by atoms with Crippen LogP contribution >= 0.6 is 0 Å². The van der Waals surface area contributed by atoms with E-state index in [9.17, 15) is 9.90 Å². The molecule has 0 spiro atoms. The normalized spacial score (nSPS) is 16.8. The molecule has 0 saturated heterocycles. The zero-order valence-electron chi connectivity index (χ0n) is 13.6. The molecule has 0 atom stereocenters. The van der Waals surface area contributed by atoms with Gasteiger partial charge in [0.25, 0.3) is 0 Å². The number of aromatic nitrogens is 2. The Morgan fingerprint density at radius 1 is 1.43 bits per heavy atom. The van der Waals surface area contributed by atoms with Crippen molar-refractivity contribution in [3.05, 3.63) is 17.5 Å². The molecule has 2 rings (SSSR count). The second-order valence-corrected chi connectivity index (χ2v) is 7.16. The van der Waals surface area contributed by atoms with E-state index in [0.29, 0.717) is 12.6 Å². The van der Waals surface area contributed by atoms with Crippen LogP contribution in [0.3, 0.4) is 0 Å². The number of aryl methyl sites for hydroxylation is 1. The van der Waals surface area contributed by atoms with Gasteiger partial charge in [0, 0.05) is 36.8 Å². The van der Waals surface area contributed by atoms with Crippen LogP contribution in [-0.2, 0) is 23.8 Å². The molecule has 0 amide bonds. The van der Waals surface area contributed by atoms with Crippen molar-refractivity contribution >= 4 is 5.97 Å². The molecule has 5 heteroatoms. The Hall–Kier alpha value is -1.36. The maximum absolute atomic E-state index is 11.2. The van der Waals surface area contributed by atoms with Gasteiger partial charge in [0.15, 0.2) is 0 Å². The van der Waals surface area contributed by atoms with Crippen LogP contribution in [0.25, 0.3) is 0 Å².